The fraction of sp³-hybridized carbons (Fsp3) is 0.652. The molecule has 2 amide bonds. The quantitative estimate of drug-likeness (QED) is 0.825. The van der Waals surface area contributed by atoms with Gasteiger partial charge in [-0.15, -0.1) is 0 Å². The molecule has 3 fully saturated rings. The second-order valence-corrected chi connectivity index (χ2v) is 8.52. The Bertz CT molecular complexity index is 686. The fourth-order valence-corrected chi connectivity index (χ4v) is 4.78. The lowest BCUT2D eigenvalue weighted by Crippen LogP contribution is -2.55. The van der Waals surface area contributed by atoms with Crippen LogP contribution in [0.1, 0.15) is 50.5 Å². The van der Waals surface area contributed by atoms with Crippen molar-refractivity contribution in [3.05, 3.63) is 35.9 Å². The molecule has 0 radical (unpaired) electrons. The Balaban J connectivity index is 1.42. The van der Waals surface area contributed by atoms with Crippen LogP contribution in [-0.4, -0.2) is 54.8 Å². The molecule has 2 heterocycles. The van der Waals surface area contributed by atoms with E-state index in [1.807, 2.05) is 35.2 Å². The average molecular weight is 401 g/mol. The first-order valence-corrected chi connectivity index (χ1v) is 11.1. The highest BCUT2D eigenvalue weighted by Gasteiger charge is 2.42. The van der Waals surface area contributed by atoms with E-state index in [0.717, 1.165) is 31.2 Å². The summed E-state index contributed by atoms with van der Waals surface area (Å²) < 4.78 is 11.6. The van der Waals surface area contributed by atoms with Gasteiger partial charge in [-0.25, -0.2) is 0 Å². The van der Waals surface area contributed by atoms with E-state index in [4.69, 9.17) is 9.47 Å². The maximum Gasteiger partial charge on any atom is 0.245 e. The SMILES string of the molecule is O=C(N[C@H](Cc1ccccc1)C(=O)N1CCC2(CC1)OCCO2)C1CCCCC1. The van der Waals surface area contributed by atoms with Gasteiger partial charge in [-0.2, -0.15) is 0 Å². The Morgan fingerprint density at radius 3 is 2.34 bits per heavy atom. The highest BCUT2D eigenvalue weighted by molar-refractivity contribution is 5.89. The monoisotopic (exact) mass is 400 g/mol. The summed E-state index contributed by atoms with van der Waals surface area (Å²) in [5.74, 6) is -0.419. The number of carbonyl (C=O) groups excluding carboxylic acids is 2. The molecule has 2 aliphatic heterocycles. The van der Waals surface area contributed by atoms with Crippen LogP contribution in [0.15, 0.2) is 30.3 Å². The molecule has 2 saturated heterocycles. The number of amides is 2. The van der Waals surface area contributed by atoms with Crippen LogP contribution in [0.25, 0.3) is 0 Å². The van der Waals surface area contributed by atoms with E-state index in [9.17, 15) is 9.59 Å². The number of likely N-dealkylation sites (tertiary alicyclic amines) is 1. The molecule has 1 atom stereocenters. The van der Waals surface area contributed by atoms with Crippen LogP contribution in [-0.2, 0) is 25.5 Å². The van der Waals surface area contributed by atoms with E-state index in [1.165, 1.54) is 6.42 Å². The van der Waals surface area contributed by atoms with Crippen LogP contribution in [0.5, 0.6) is 0 Å². The zero-order valence-corrected chi connectivity index (χ0v) is 17.1. The van der Waals surface area contributed by atoms with Crippen molar-refractivity contribution in [1.29, 1.82) is 0 Å². The van der Waals surface area contributed by atoms with Gasteiger partial charge in [0.25, 0.3) is 0 Å². The number of nitrogens with zero attached hydrogens (tertiary/aromatic N) is 1. The minimum atomic E-state index is -0.522. The summed E-state index contributed by atoms with van der Waals surface area (Å²) in [5.41, 5.74) is 1.06. The van der Waals surface area contributed by atoms with E-state index >= 15 is 0 Å². The number of nitrogens with one attached hydrogen (secondary N) is 1. The Kier molecular flexibility index (Phi) is 6.50. The van der Waals surface area contributed by atoms with Gasteiger partial charge in [-0.3, -0.25) is 9.59 Å². The zero-order valence-electron chi connectivity index (χ0n) is 17.1. The molecule has 1 spiro atoms. The molecule has 1 aliphatic carbocycles. The minimum absolute atomic E-state index is 0.00543. The van der Waals surface area contributed by atoms with Crippen molar-refractivity contribution in [3.8, 4) is 0 Å². The molecule has 1 aromatic rings. The number of rotatable bonds is 5. The third-order valence-electron chi connectivity index (χ3n) is 6.52. The normalized spacial score (nSPS) is 23.1. The van der Waals surface area contributed by atoms with Gasteiger partial charge < -0.3 is 19.7 Å². The third kappa shape index (κ3) is 4.98. The molecular weight excluding hydrogens is 368 g/mol. The molecule has 1 aromatic carbocycles. The van der Waals surface area contributed by atoms with Crippen molar-refractivity contribution in [3.63, 3.8) is 0 Å². The van der Waals surface area contributed by atoms with Crippen molar-refractivity contribution in [2.24, 2.45) is 5.92 Å². The lowest BCUT2D eigenvalue weighted by Gasteiger charge is -2.39. The Morgan fingerprint density at radius 1 is 1.03 bits per heavy atom. The number of hydrogen-bond acceptors (Lipinski definition) is 4. The summed E-state index contributed by atoms with van der Waals surface area (Å²) in [5, 5.41) is 3.10. The molecule has 29 heavy (non-hydrogen) atoms. The molecule has 0 aromatic heterocycles. The number of piperidine rings is 1. The topological polar surface area (TPSA) is 67.9 Å². The Morgan fingerprint density at radius 2 is 1.69 bits per heavy atom. The first-order valence-electron chi connectivity index (χ1n) is 11.1. The summed E-state index contributed by atoms with van der Waals surface area (Å²) in [7, 11) is 0. The minimum Gasteiger partial charge on any atom is -0.347 e. The van der Waals surface area contributed by atoms with Gasteiger partial charge in [0, 0.05) is 38.3 Å². The molecule has 0 bridgehead atoms. The standard InChI is InChI=1S/C23H32N2O4/c26-21(19-9-5-2-6-10-19)24-20(17-18-7-3-1-4-8-18)22(27)25-13-11-23(12-14-25)28-15-16-29-23/h1,3-4,7-8,19-20H,2,5-6,9-17H2,(H,24,26)/t20-/m1/s1. The predicted octanol–water partition coefficient (Wildman–Crippen LogP) is 2.66. The molecule has 0 unspecified atom stereocenters. The van der Waals surface area contributed by atoms with Gasteiger partial charge in [0.15, 0.2) is 5.79 Å². The van der Waals surface area contributed by atoms with Crippen LogP contribution in [0.2, 0.25) is 0 Å². The molecule has 6 heteroatoms. The van der Waals surface area contributed by atoms with Crippen LogP contribution in [0, 0.1) is 5.92 Å². The van der Waals surface area contributed by atoms with E-state index in [-0.39, 0.29) is 17.7 Å². The highest BCUT2D eigenvalue weighted by atomic mass is 16.7. The second-order valence-electron chi connectivity index (χ2n) is 8.52. The number of benzene rings is 1. The van der Waals surface area contributed by atoms with Crippen LogP contribution >= 0.6 is 0 Å². The van der Waals surface area contributed by atoms with Gasteiger partial charge in [0.05, 0.1) is 13.2 Å². The molecule has 1 saturated carbocycles. The van der Waals surface area contributed by atoms with Crippen molar-refractivity contribution in [2.75, 3.05) is 26.3 Å². The van der Waals surface area contributed by atoms with Crippen molar-refractivity contribution >= 4 is 11.8 Å². The van der Waals surface area contributed by atoms with E-state index in [1.54, 1.807) is 0 Å². The Hall–Kier alpha value is -1.92. The molecular formula is C23H32N2O4. The second kappa shape index (κ2) is 9.26. The molecule has 1 N–H and O–H groups in total. The van der Waals surface area contributed by atoms with Crippen molar-refractivity contribution < 1.29 is 19.1 Å². The van der Waals surface area contributed by atoms with E-state index < -0.39 is 11.8 Å². The lowest BCUT2D eigenvalue weighted by molar-refractivity contribution is -0.188. The summed E-state index contributed by atoms with van der Waals surface area (Å²) in [6.45, 7) is 2.46. The van der Waals surface area contributed by atoms with E-state index in [0.29, 0.717) is 45.6 Å². The van der Waals surface area contributed by atoms with Crippen LogP contribution in [0.3, 0.4) is 0 Å². The van der Waals surface area contributed by atoms with Gasteiger partial charge in [0.2, 0.25) is 11.8 Å². The maximum absolute atomic E-state index is 13.4. The van der Waals surface area contributed by atoms with Gasteiger partial charge in [-0.05, 0) is 18.4 Å². The highest BCUT2D eigenvalue weighted by Crippen LogP contribution is 2.31. The zero-order chi connectivity index (χ0) is 20.1. The molecule has 3 aliphatic rings. The summed E-state index contributed by atoms with van der Waals surface area (Å²) in [6.07, 6.45) is 7.16. The van der Waals surface area contributed by atoms with Crippen molar-refractivity contribution in [1.82, 2.24) is 10.2 Å². The third-order valence-corrected chi connectivity index (χ3v) is 6.52. The lowest BCUT2D eigenvalue weighted by atomic mass is 9.88. The van der Waals surface area contributed by atoms with Gasteiger partial charge in [-0.1, -0.05) is 49.6 Å². The summed E-state index contributed by atoms with van der Waals surface area (Å²) >= 11 is 0. The summed E-state index contributed by atoms with van der Waals surface area (Å²) in [4.78, 5) is 28.1. The largest absolute Gasteiger partial charge is 0.347 e. The number of hydrogen-bond donors (Lipinski definition) is 1. The van der Waals surface area contributed by atoms with Crippen molar-refractivity contribution in [2.45, 2.75) is 63.2 Å². The maximum atomic E-state index is 13.4. The molecule has 6 nitrogen and oxygen atoms in total. The molecule has 158 valence electrons. The van der Waals surface area contributed by atoms with Crippen LogP contribution < -0.4 is 5.32 Å². The van der Waals surface area contributed by atoms with E-state index in [2.05, 4.69) is 5.32 Å². The number of carbonyl (C=O) groups is 2. The van der Waals surface area contributed by atoms with Crippen LogP contribution in [0.4, 0.5) is 0 Å². The number of ether oxygens (including phenoxy) is 2. The molecule has 4 rings (SSSR count). The average Bonchev–Trinajstić information content (AvgIpc) is 3.22. The Labute approximate surface area is 172 Å². The smallest absolute Gasteiger partial charge is 0.245 e. The predicted molar refractivity (Wildman–Crippen MR) is 109 cm³/mol. The summed E-state index contributed by atoms with van der Waals surface area (Å²) in [6, 6.07) is 9.41. The van der Waals surface area contributed by atoms with Gasteiger partial charge in [0.1, 0.15) is 6.04 Å². The first kappa shape index (κ1) is 20.4. The first-order chi connectivity index (χ1) is 14.2. The van der Waals surface area contributed by atoms with Gasteiger partial charge >= 0.3 is 0 Å². The fourth-order valence-electron chi connectivity index (χ4n) is 4.78.